The van der Waals surface area contributed by atoms with Crippen molar-refractivity contribution in [2.45, 2.75) is 63.4 Å². The fourth-order valence-electron chi connectivity index (χ4n) is 3.74. The highest BCUT2D eigenvalue weighted by molar-refractivity contribution is 7.09. The molecule has 39 heavy (non-hydrogen) atoms. The van der Waals surface area contributed by atoms with E-state index in [1.807, 2.05) is 29.9 Å². The summed E-state index contributed by atoms with van der Waals surface area (Å²) in [6, 6.07) is 5.93. The summed E-state index contributed by atoms with van der Waals surface area (Å²) in [5.41, 5.74) is 4.12. The van der Waals surface area contributed by atoms with Crippen molar-refractivity contribution in [2.24, 2.45) is 0 Å². The Hall–Kier alpha value is -2.82. The van der Waals surface area contributed by atoms with E-state index in [0.717, 1.165) is 44.6 Å². The number of alkyl halides is 6. The summed E-state index contributed by atoms with van der Waals surface area (Å²) in [4.78, 5) is 30.4. The van der Waals surface area contributed by atoms with Gasteiger partial charge in [-0.1, -0.05) is 6.07 Å². The van der Waals surface area contributed by atoms with Crippen LogP contribution in [-0.4, -0.2) is 80.8 Å². The molecule has 2 aliphatic heterocycles. The van der Waals surface area contributed by atoms with Crippen molar-refractivity contribution in [2.75, 3.05) is 19.7 Å². The number of aryl methyl sites for hydroxylation is 1. The monoisotopic (exact) mass is 587 g/mol. The number of rotatable bonds is 5. The first-order valence-electron chi connectivity index (χ1n) is 11.5. The summed E-state index contributed by atoms with van der Waals surface area (Å²) >= 11 is 1.76. The molecule has 0 bridgehead atoms. The quantitative estimate of drug-likeness (QED) is 0.489. The van der Waals surface area contributed by atoms with E-state index in [1.54, 1.807) is 11.3 Å². The molecule has 2 aromatic heterocycles. The second kappa shape index (κ2) is 14.0. The number of nitrogens with zero attached hydrogens (tertiary/aromatic N) is 3. The normalized spacial score (nSPS) is 19.0. The third-order valence-electron chi connectivity index (χ3n) is 5.83. The van der Waals surface area contributed by atoms with Gasteiger partial charge in [0.05, 0.1) is 41.8 Å². The van der Waals surface area contributed by atoms with Gasteiger partial charge in [0.15, 0.2) is 0 Å². The molecule has 2 aliphatic rings. The van der Waals surface area contributed by atoms with E-state index in [-0.39, 0.29) is 11.7 Å². The molecule has 2 aromatic rings. The second-order valence-electron chi connectivity index (χ2n) is 8.70. The van der Waals surface area contributed by atoms with Crippen LogP contribution in [0.3, 0.4) is 0 Å². The Bertz CT molecular complexity index is 1030. The molecule has 1 atom stereocenters. The Morgan fingerprint density at radius 2 is 1.69 bits per heavy atom. The number of aromatic nitrogens is 2. The van der Waals surface area contributed by atoms with Gasteiger partial charge in [-0.15, -0.1) is 11.3 Å². The first-order chi connectivity index (χ1) is 18.1. The van der Waals surface area contributed by atoms with Crippen LogP contribution in [0.5, 0.6) is 0 Å². The summed E-state index contributed by atoms with van der Waals surface area (Å²) < 4.78 is 75.7. The van der Waals surface area contributed by atoms with Crippen LogP contribution in [0.1, 0.15) is 35.5 Å². The van der Waals surface area contributed by atoms with Crippen molar-refractivity contribution in [3.8, 4) is 0 Å². The van der Waals surface area contributed by atoms with E-state index in [9.17, 15) is 26.3 Å². The van der Waals surface area contributed by atoms with Crippen molar-refractivity contribution in [1.29, 1.82) is 0 Å². The number of pyridine rings is 1. The molecule has 218 valence electrons. The lowest BCUT2D eigenvalue weighted by molar-refractivity contribution is -0.193. The van der Waals surface area contributed by atoms with E-state index < -0.39 is 24.3 Å². The number of aliphatic carboxylic acids is 2. The molecule has 0 amide bonds. The Morgan fingerprint density at radius 1 is 1.10 bits per heavy atom. The standard InChI is InChI=1S/C19H25N3O2S.2C2HF3O2/c1-15-18(25-14-21-15)11-22-8-5-19(6-9-22)10-17(13-24-19)23-12-16-4-2-3-7-20-16;2*3-2(4,5)1(6)7/h2-4,7,14,17H,5-6,8-13H2,1H3;2*(H,6,7). The number of carboxylic acids is 2. The number of thiazole rings is 1. The minimum Gasteiger partial charge on any atom is -0.475 e. The van der Waals surface area contributed by atoms with Gasteiger partial charge < -0.3 is 19.7 Å². The molecular formula is C23H27F6N3O6S. The molecule has 0 aliphatic carbocycles. The van der Waals surface area contributed by atoms with Gasteiger partial charge in [-0.25, -0.2) is 14.6 Å². The maximum Gasteiger partial charge on any atom is 0.490 e. The molecule has 1 unspecified atom stereocenters. The minimum absolute atomic E-state index is 0.0219. The SMILES string of the molecule is Cc1ncsc1CN1CCC2(CC1)CC(OCc1ccccn1)CO2.O=C(O)C(F)(F)F.O=C(O)C(F)(F)F. The zero-order valence-electron chi connectivity index (χ0n) is 20.7. The lowest BCUT2D eigenvalue weighted by Gasteiger charge is -2.38. The molecule has 9 nitrogen and oxygen atoms in total. The topological polar surface area (TPSA) is 122 Å². The van der Waals surface area contributed by atoms with Crippen molar-refractivity contribution in [1.82, 2.24) is 14.9 Å². The highest BCUT2D eigenvalue weighted by atomic mass is 32.1. The number of hydrogen-bond donors (Lipinski definition) is 2. The Morgan fingerprint density at radius 3 is 2.15 bits per heavy atom. The number of hydrogen-bond acceptors (Lipinski definition) is 8. The zero-order chi connectivity index (χ0) is 29.3. The molecule has 16 heteroatoms. The maximum absolute atomic E-state index is 10.6. The van der Waals surface area contributed by atoms with Crippen molar-refractivity contribution >= 4 is 23.3 Å². The van der Waals surface area contributed by atoms with E-state index >= 15 is 0 Å². The molecule has 4 heterocycles. The van der Waals surface area contributed by atoms with Crippen LogP contribution in [-0.2, 0) is 32.2 Å². The summed E-state index contributed by atoms with van der Waals surface area (Å²) in [5.74, 6) is -5.51. The van der Waals surface area contributed by atoms with Gasteiger partial charge in [0.1, 0.15) is 0 Å². The van der Waals surface area contributed by atoms with E-state index in [4.69, 9.17) is 29.3 Å². The molecule has 0 aromatic carbocycles. The Labute approximate surface area is 223 Å². The smallest absolute Gasteiger partial charge is 0.475 e. The highest BCUT2D eigenvalue weighted by Crippen LogP contribution is 2.37. The van der Waals surface area contributed by atoms with E-state index in [0.29, 0.717) is 13.2 Å². The van der Waals surface area contributed by atoms with Gasteiger partial charge in [-0.3, -0.25) is 9.88 Å². The number of halogens is 6. The third kappa shape index (κ3) is 11.1. The predicted molar refractivity (Wildman–Crippen MR) is 125 cm³/mol. The second-order valence-corrected chi connectivity index (χ2v) is 9.63. The zero-order valence-corrected chi connectivity index (χ0v) is 21.5. The first-order valence-corrected chi connectivity index (χ1v) is 12.4. The summed E-state index contributed by atoms with van der Waals surface area (Å²) in [7, 11) is 0. The first kappa shape index (κ1) is 32.4. The number of likely N-dealkylation sites (tertiary alicyclic amines) is 1. The number of piperidine rings is 1. The van der Waals surface area contributed by atoms with Crippen molar-refractivity contribution < 1.29 is 55.6 Å². The Balaban J connectivity index is 0.000000317. The lowest BCUT2D eigenvalue weighted by atomic mass is 9.88. The predicted octanol–water partition coefficient (Wildman–Crippen LogP) is 4.45. The molecule has 0 radical (unpaired) electrons. The molecule has 2 saturated heterocycles. The molecule has 4 rings (SSSR count). The number of ether oxygens (including phenoxy) is 2. The molecular weight excluding hydrogens is 560 g/mol. The van der Waals surface area contributed by atoms with Gasteiger partial charge in [0, 0.05) is 37.1 Å². The number of carboxylic acid groups (broad SMARTS) is 2. The third-order valence-corrected chi connectivity index (χ3v) is 6.75. The van der Waals surface area contributed by atoms with Crippen LogP contribution in [0.15, 0.2) is 29.9 Å². The van der Waals surface area contributed by atoms with Gasteiger partial charge in [0.2, 0.25) is 0 Å². The minimum atomic E-state index is -5.08. The molecule has 0 saturated carbocycles. The van der Waals surface area contributed by atoms with Crippen molar-refractivity contribution in [3.63, 3.8) is 0 Å². The van der Waals surface area contributed by atoms with E-state index in [2.05, 4.69) is 21.8 Å². The van der Waals surface area contributed by atoms with Gasteiger partial charge in [-0.2, -0.15) is 26.3 Å². The van der Waals surface area contributed by atoms with Gasteiger partial charge >= 0.3 is 24.3 Å². The van der Waals surface area contributed by atoms with Crippen LogP contribution in [0.2, 0.25) is 0 Å². The molecule has 2 N–H and O–H groups in total. The average molecular weight is 588 g/mol. The molecule has 1 spiro atoms. The Kier molecular flexibility index (Phi) is 11.6. The van der Waals surface area contributed by atoms with Crippen LogP contribution in [0, 0.1) is 6.92 Å². The van der Waals surface area contributed by atoms with E-state index in [1.165, 1.54) is 10.6 Å². The largest absolute Gasteiger partial charge is 0.490 e. The summed E-state index contributed by atoms with van der Waals surface area (Å²) in [6.07, 6.45) is -4.97. The van der Waals surface area contributed by atoms with Crippen LogP contribution >= 0.6 is 11.3 Å². The lowest BCUT2D eigenvalue weighted by Crippen LogP contribution is -2.43. The fourth-order valence-corrected chi connectivity index (χ4v) is 4.56. The highest BCUT2D eigenvalue weighted by Gasteiger charge is 2.43. The summed E-state index contributed by atoms with van der Waals surface area (Å²) in [5, 5.41) is 14.2. The van der Waals surface area contributed by atoms with Crippen molar-refractivity contribution in [3.05, 3.63) is 46.2 Å². The summed E-state index contributed by atoms with van der Waals surface area (Å²) in [6.45, 7) is 6.57. The van der Waals surface area contributed by atoms with Crippen LogP contribution in [0.25, 0.3) is 0 Å². The van der Waals surface area contributed by atoms with Gasteiger partial charge in [0.25, 0.3) is 0 Å². The maximum atomic E-state index is 10.6. The number of carbonyl (C=O) groups is 2. The van der Waals surface area contributed by atoms with Crippen LogP contribution in [0.4, 0.5) is 26.3 Å². The van der Waals surface area contributed by atoms with Gasteiger partial charge in [-0.05, 0) is 31.9 Å². The fraction of sp³-hybridized carbons (Fsp3) is 0.565. The van der Waals surface area contributed by atoms with Crippen LogP contribution < -0.4 is 0 Å². The molecule has 2 fully saturated rings. The average Bonchev–Trinajstić information content (AvgIpc) is 3.45.